The molecule has 1 aromatic heterocycles. The van der Waals surface area contributed by atoms with Gasteiger partial charge < -0.3 is 4.90 Å². The van der Waals surface area contributed by atoms with Gasteiger partial charge in [-0.25, -0.2) is 9.97 Å². The van der Waals surface area contributed by atoms with Gasteiger partial charge in [0.1, 0.15) is 12.1 Å². The number of allylic oxidation sites excluding steroid dienone is 1. The summed E-state index contributed by atoms with van der Waals surface area (Å²) < 4.78 is 0. The van der Waals surface area contributed by atoms with Crippen molar-refractivity contribution in [2.75, 3.05) is 18.5 Å². The van der Waals surface area contributed by atoms with Crippen molar-refractivity contribution in [1.82, 2.24) is 9.97 Å². The van der Waals surface area contributed by atoms with Crippen LogP contribution >= 0.6 is 0 Å². The molecule has 0 saturated heterocycles. The first-order valence-corrected chi connectivity index (χ1v) is 4.86. The molecule has 1 rings (SSSR count). The summed E-state index contributed by atoms with van der Waals surface area (Å²) in [6, 6.07) is 0. The van der Waals surface area contributed by atoms with Crippen molar-refractivity contribution in [2.24, 2.45) is 0 Å². The highest BCUT2D eigenvalue weighted by Gasteiger charge is 2.07. The molecule has 3 nitrogen and oxygen atoms in total. The van der Waals surface area contributed by atoms with Crippen LogP contribution in [0.3, 0.4) is 0 Å². The van der Waals surface area contributed by atoms with E-state index in [1.165, 1.54) is 0 Å². The summed E-state index contributed by atoms with van der Waals surface area (Å²) in [5.74, 6) is 0.998. The maximum Gasteiger partial charge on any atom is 0.139 e. The molecule has 0 aromatic carbocycles. The Morgan fingerprint density at radius 3 is 2.71 bits per heavy atom. The zero-order valence-corrected chi connectivity index (χ0v) is 9.28. The molecule has 76 valence electrons. The topological polar surface area (TPSA) is 29.0 Å². The van der Waals surface area contributed by atoms with E-state index in [4.69, 9.17) is 0 Å². The summed E-state index contributed by atoms with van der Waals surface area (Å²) in [5.41, 5.74) is 2.13. The third-order valence-corrected chi connectivity index (χ3v) is 2.23. The lowest BCUT2D eigenvalue weighted by molar-refractivity contribution is 0.918. The highest BCUT2D eigenvalue weighted by molar-refractivity contribution is 5.65. The average Bonchev–Trinajstić information content (AvgIpc) is 2.20. The lowest BCUT2D eigenvalue weighted by atomic mass is 10.2. The van der Waals surface area contributed by atoms with E-state index in [9.17, 15) is 0 Å². The van der Waals surface area contributed by atoms with Gasteiger partial charge in [-0.3, -0.25) is 0 Å². The van der Waals surface area contributed by atoms with Gasteiger partial charge >= 0.3 is 0 Å². The molecule has 0 bridgehead atoms. The van der Waals surface area contributed by atoms with Crippen molar-refractivity contribution in [3.8, 4) is 0 Å². The SMILES string of the molecule is C/C=C\c1c(C)ncnc1N(C)CC. The quantitative estimate of drug-likeness (QED) is 0.734. The van der Waals surface area contributed by atoms with Gasteiger partial charge in [-0.15, -0.1) is 0 Å². The normalized spacial score (nSPS) is 10.9. The molecule has 0 N–H and O–H groups in total. The van der Waals surface area contributed by atoms with E-state index in [0.717, 1.165) is 23.6 Å². The number of hydrogen-bond acceptors (Lipinski definition) is 3. The zero-order valence-electron chi connectivity index (χ0n) is 9.28. The molecule has 0 unspecified atom stereocenters. The Morgan fingerprint density at radius 1 is 1.43 bits per heavy atom. The van der Waals surface area contributed by atoms with Crippen LogP contribution in [0, 0.1) is 6.92 Å². The molecule has 0 saturated carbocycles. The van der Waals surface area contributed by atoms with Crippen LogP contribution in [-0.4, -0.2) is 23.6 Å². The van der Waals surface area contributed by atoms with E-state index in [2.05, 4.69) is 27.9 Å². The zero-order chi connectivity index (χ0) is 10.6. The summed E-state index contributed by atoms with van der Waals surface area (Å²) in [6.45, 7) is 7.06. The lowest BCUT2D eigenvalue weighted by Crippen LogP contribution is -2.19. The molecular weight excluding hydrogens is 174 g/mol. The smallest absolute Gasteiger partial charge is 0.139 e. The Kier molecular flexibility index (Phi) is 3.63. The molecule has 0 aliphatic rings. The summed E-state index contributed by atoms with van der Waals surface area (Å²) in [4.78, 5) is 10.6. The Balaban J connectivity index is 3.20. The number of rotatable bonds is 3. The molecule has 0 amide bonds. The van der Waals surface area contributed by atoms with Crippen molar-refractivity contribution in [1.29, 1.82) is 0 Å². The predicted molar refractivity (Wildman–Crippen MR) is 60.4 cm³/mol. The van der Waals surface area contributed by atoms with Gasteiger partial charge in [0.25, 0.3) is 0 Å². The maximum absolute atomic E-state index is 4.29. The van der Waals surface area contributed by atoms with Crippen LogP contribution in [0.4, 0.5) is 5.82 Å². The molecule has 0 aliphatic carbocycles. The number of aryl methyl sites for hydroxylation is 1. The first-order chi connectivity index (χ1) is 6.70. The minimum absolute atomic E-state index is 0.945. The third kappa shape index (κ3) is 2.10. The van der Waals surface area contributed by atoms with E-state index in [1.54, 1.807) is 6.33 Å². The lowest BCUT2D eigenvalue weighted by Gasteiger charge is -2.18. The van der Waals surface area contributed by atoms with Crippen LogP contribution in [0.15, 0.2) is 12.4 Å². The third-order valence-electron chi connectivity index (χ3n) is 2.23. The van der Waals surface area contributed by atoms with Crippen LogP contribution in [0.2, 0.25) is 0 Å². The summed E-state index contributed by atoms with van der Waals surface area (Å²) in [5, 5.41) is 0. The summed E-state index contributed by atoms with van der Waals surface area (Å²) >= 11 is 0. The minimum Gasteiger partial charge on any atom is -0.359 e. The molecule has 1 heterocycles. The van der Waals surface area contributed by atoms with Gasteiger partial charge in [0.05, 0.1) is 5.69 Å². The highest BCUT2D eigenvalue weighted by atomic mass is 15.2. The molecule has 14 heavy (non-hydrogen) atoms. The van der Waals surface area contributed by atoms with Crippen molar-refractivity contribution in [2.45, 2.75) is 20.8 Å². The number of anilines is 1. The van der Waals surface area contributed by atoms with E-state index < -0.39 is 0 Å². The molecule has 0 fully saturated rings. The second kappa shape index (κ2) is 4.74. The first-order valence-electron chi connectivity index (χ1n) is 4.86. The maximum atomic E-state index is 4.29. The van der Waals surface area contributed by atoms with Crippen molar-refractivity contribution < 1.29 is 0 Å². The largest absolute Gasteiger partial charge is 0.359 e. The molecule has 0 radical (unpaired) electrons. The minimum atomic E-state index is 0.945. The fourth-order valence-corrected chi connectivity index (χ4v) is 1.29. The first kappa shape index (κ1) is 10.7. The standard InChI is InChI=1S/C11H17N3/c1-5-7-10-9(3)12-8-13-11(10)14(4)6-2/h5,7-8H,6H2,1-4H3/b7-5-. The van der Waals surface area contributed by atoms with E-state index in [1.807, 2.05) is 27.0 Å². The fourth-order valence-electron chi connectivity index (χ4n) is 1.29. The van der Waals surface area contributed by atoms with Crippen LogP contribution in [-0.2, 0) is 0 Å². The number of nitrogens with zero attached hydrogens (tertiary/aromatic N) is 3. The molecular formula is C11H17N3. The van der Waals surface area contributed by atoms with Gasteiger partial charge in [-0.1, -0.05) is 12.2 Å². The Labute approximate surface area is 85.5 Å². The Morgan fingerprint density at radius 2 is 2.14 bits per heavy atom. The second-order valence-corrected chi connectivity index (χ2v) is 3.21. The van der Waals surface area contributed by atoms with E-state index in [0.29, 0.717) is 0 Å². The highest BCUT2D eigenvalue weighted by Crippen LogP contribution is 2.19. The molecule has 1 aromatic rings. The van der Waals surface area contributed by atoms with E-state index in [-0.39, 0.29) is 0 Å². The second-order valence-electron chi connectivity index (χ2n) is 3.21. The van der Waals surface area contributed by atoms with Gasteiger partial charge in [-0.05, 0) is 20.8 Å². The Hall–Kier alpha value is -1.38. The predicted octanol–water partition coefficient (Wildman–Crippen LogP) is 2.27. The van der Waals surface area contributed by atoms with Gasteiger partial charge in [0.15, 0.2) is 0 Å². The molecule has 3 heteroatoms. The van der Waals surface area contributed by atoms with Crippen LogP contribution in [0.25, 0.3) is 6.08 Å². The van der Waals surface area contributed by atoms with E-state index >= 15 is 0 Å². The monoisotopic (exact) mass is 191 g/mol. The Bertz CT molecular complexity index is 331. The number of aromatic nitrogens is 2. The molecule has 0 atom stereocenters. The van der Waals surface area contributed by atoms with Crippen molar-refractivity contribution >= 4 is 11.9 Å². The fraction of sp³-hybridized carbons (Fsp3) is 0.455. The summed E-state index contributed by atoms with van der Waals surface area (Å²) in [7, 11) is 2.04. The van der Waals surface area contributed by atoms with Gasteiger partial charge in [-0.2, -0.15) is 0 Å². The van der Waals surface area contributed by atoms with Crippen LogP contribution in [0.5, 0.6) is 0 Å². The average molecular weight is 191 g/mol. The van der Waals surface area contributed by atoms with Crippen LogP contribution in [0.1, 0.15) is 25.1 Å². The van der Waals surface area contributed by atoms with Crippen LogP contribution < -0.4 is 4.90 Å². The van der Waals surface area contributed by atoms with Gasteiger partial charge in [0, 0.05) is 19.2 Å². The van der Waals surface area contributed by atoms with Gasteiger partial charge in [0.2, 0.25) is 0 Å². The van der Waals surface area contributed by atoms with Crippen molar-refractivity contribution in [3.63, 3.8) is 0 Å². The number of hydrogen-bond donors (Lipinski definition) is 0. The molecule has 0 spiro atoms. The van der Waals surface area contributed by atoms with Crippen molar-refractivity contribution in [3.05, 3.63) is 23.7 Å². The molecule has 0 aliphatic heterocycles. The summed E-state index contributed by atoms with van der Waals surface area (Å²) in [6.07, 6.45) is 5.68.